The molecule has 27 heavy (non-hydrogen) atoms. The minimum absolute atomic E-state index is 0.136. The highest BCUT2D eigenvalue weighted by molar-refractivity contribution is 7.91. The van der Waals surface area contributed by atoms with Crippen molar-refractivity contribution < 1.29 is 17.6 Å². The Kier molecular flexibility index (Phi) is 6.87. The van der Waals surface area contributed by atoms with Gasteiger partial charge in [-0.2, -0.15) is 0 Å². The van der Waals surface area contributed by atoms with Gasteiger partial charge in [0, 0.05) is 32.6 Å². The molecule has 0 bridgehead atoms. The Hall–Kier alpha value is -1.47. The molecule has 0 spiro atoms. The zero-order chi connectivity index (χ0) is 19.3. The molecule has 3 rings (SSSR count). The lowest BCUT2D eigenvalue weighted by molar-refractivity contribution is -0.133. The van der Waals surface area contributed by atoms with Crippen LogP contribution >= 0.6 is 0 Å². The van der Waals surface area contributed by atoms with Crippen molar-refractivity contribution in [3.8, 4) is 0 Å². The molecule has 1 amide bonds. The fourth-order valence-corrected chi connectivity index (χ4v) is 5.91. The fraction of sp³-hybridized carbons (Fsp3) is 0.650. The first-order valence-electron chi connectivity index (χ1n) is 9.87. The SMILES string of the molecule is O=C(CCC1CCS(=O)(=O)C1)N1CCN(CCCc2ccccc2F)CC1. The van der Waals surface area contributed by atoms with Gasteiger partial charge in [-0.3, -0.25) is 9.69 Å². The van der Waals surface area contributed by atoms with Crippen LogP contribution in [0.3, 0.4) is 0 Å². The van der Waals surface area contributed by atoms with E-state index in [0.717, 1.165) is 51.1 Å². The fourth-order valence-electron chi connectivity index (χ4n) is 4.00. The normalized spacial score (nSPS) is 22.9. The van der Waals surface area contributed by atoms with Crippen LogP contribution in [0.5, 0.6) is 0 Å². The Bertz CT molecular complexity index is 745. The number of amides is 1. The van der Waals surface area contributed by atoms with Gasteiger partial charge in [-0.05, 0) is 49.8 Å². The van der Waals surface area contributed by atoms with Gasteiger partial charge in [-0.1, -0.05) is 18.2 Å². The molecule has 2 fully saturated rings. The van der Waals surface area contributed by atoms with Gasteiger partial charge in [0.25, 0.3) is 0 Å². The number of hydrogen-bond acceptors (Lipinski definition) is 4. The van der Waals surface area contributed by atoms with E-state index in [9.17, 15) is 17.6 Å². The van der Waals surface area contributed by atoms with Gasteiger partial charge in [0.2, 0.25) is 5.91 Å². The van der Waals surface area contributed by atoms with Crippen molar-refractivity contribution in [3.05, 3.63) is 35.6 Å². The van der Waals surface area contributed by atoms with Crippen molar-refractivity contribution in [1.82, 2.24) is 9.80 Å². The summed E-state index contributed by atoms with van der Waals surface area (Å²) < 4.78 is 36.6. The smallest absolute Gasteiger partial charge is 0.222 e. The molecular weight excluding hydrogens is 367 g/mol. The van der Waals surface area contributed by atoms with Crippen LogP contribution in [0.15, 0.2) is 24.3 Å². The molecule has 0 aliphatic carbocycles. The van der Waals surface area contributed by atoms with E-state index in [1.807, 2.05) is 17.0 Å². The predicted molar refractivity (Wildman–Crippen MR) is 104 cm³/mol. The average molecular weight is 397 g/mol. The zero-order valence-corrected chi connectivity index (χ0v) is 16.6. The van der Waals surface area contributed by atoms with Gasteiger partial charge in [0.05, 0.1) is 11.5 Å². The molecule has 2 saturated heterocycles. The topological polar surface area (TPSA) is 57.7 Å². The molecule has 0 N–H and O–H groups in total. The molecule has 150 valence electrons. The monoisotopic (exact) mass is 396 g/mol. The van der Waals surface area contributed by atoms with Crippen molar-refractivity contribution in [2.45, 2.75) is 32.1 Å². The molecule has 2 aliphatic rings. The van der Waals surface area contributed by atoms with Crippen LogP contribution in [-0.4, -0.2) is 68.4 Å². The maximum Gasteiger partial charge on any atom is 0.222 e. The summed E-state index contributed by atoms with van der Waals surface area (Å²) >= 11 is 0. The molecular formula is C20H29FN2O3S. The highest BCUT2D eigenvalue weighted by atomic mass is 32.2. The van der Waals surface area contributed by atoms with Crippen molar-refractivity contribution in [2.24, 2.45) is 5.92 Å². The highest BCUT2D eigenvalue weighted by Gasteiger charge is 2.29. The Balaban J connectivity index is 1.32. The maximum absolute atomic E-state index is 13.6. The summed E-state index contributed by atoms with van der Waals surface area (Å²) in [4.78, 5) is 16.6. The van der Waals surface area contributed by atoms with E-state index in [-0.39, 0.29) is 29.1 Å². The van der Waals surface area contributed by atoms with Crippen LogP contribution in [-0.2, 0) is 21.1 Å². The van der Waals surface area contributed by atoms with Crippen LogP contribution in [0.1, 0.15) is 31.2 Å². The van der Waals surface area contributed by atoms with Crippen LogP contribution < -0.4 is 0 Å². The van der Waals surface area contributed by atoms with Gasteiger partial charge in [-0.25, -0.2) is 12.8 Å². The summed E-state index contributed by atoms with van der Waals surface area (Å²) in [6.07, 6.45) is 3.47. The molecule has 5 nitrogen and oxygen atoms in total. The molecule has 1 aromatic carbocycles. The second-order valence-corrected chi connectivity index (χ2v) is 9.95. The number of piperazine rings is 1. The zero-order valence-electron chi connectivity index (χ0n) is 15.8. The number of rotatable bonds is 7. The van der Waals surface area contributed by atoms with E-state index < -0.39 is 9.84 Å². The van der Waals surface area contributed by atoms with Gasteiger partial charge < -0.3 is 4.90 Å². The maximum atomic E-state index is 13.6. The summed E-state index contributed by atoms with van der Waals surface area (Å²) in [5.41, 5.74) is 0.764. The Morgan fingerprint density at radius 1 is 1.15 bits per heavy atom. The molecule has 2 aliphatic heterocycles. The third-order valence-electron chi connectivity index (χ3n) is 5.70. The first-order chi connectivity index (χ1) is 12.9. The largest absolute Gasteiger partial charge is 0.340 e. The third kappa shape index (κ3) is 6.01. The molecule has 7 heteroatoms. The number of aryl methyl sites for hydroxylation is 1. The number of carbonyl (C=O) groups excluding carboxylic acids is 1. The van der Waals surface area contributed by atoms with E-state index in [1.54, 1.807) is 6.07 Å². The van der Waals surface area contributed by atoms with Gasteiger partial charge in [0.15, 0.2) is 9.84 Å². The van der Waals surface area contributed by atoms with E-state index in [4.69, 9.17) is 0 Å². The summed E-state index contributed by atoms with van der Waals surface area (Å²) in [5.74, 6) is 0.680. The van der Waals surface area contributed by atoms with Crippen molar-refractivity contribution in [3.63, 3.8) is 0 Å². The summed E-state index contributed by atoms with van der Waals surface area (Å²) in [6, 6.07) is 6.91. The molecule has 0 saturated carbocycles. The van der Waals surface area contributed by atoms with Crippen LogP contribution in [0.25, 0.3) is 0 Å². The van der Waals surface area contributed by atoms with E-state index in [1.165, 1.54) is 6.07 Å². The minimum atomic E-state index is -2.86. The quantitative estimate of drug-likeness (QED) is 0.708. The second-order valence-electron chi connectivity index (χ2n) is 7.73. The second kappa shape index (κ2) is 9.15. The lowest BCUT2D eigenvalue weighted by Gasteiger charge is -2.35. The molecule has 1 aromatic rings. The Morgan fingerprint density at radius 3 is 2.56 bits per heavy atom. The van der Waals surface area contributed by atoms with E-state index in [0.29, 0.717) is 19.3 Å². The van der Waals surface area contributed by atoms with E-state index >= 15 is 0 Å². The minimum Gasteiger partial charge on any atom is -0.340 e. The number of carbonyl (C=O) groups is 1. The van der Waals surface area contributed by atoms with Crippen molar-refractivity contribution in [2.75, 3.05) is 44.2 Å². The molecule has 1 unspecified atom stereocenters. The summed E-state index contributed by atoms with van der Waals surface area (Å²) in [5, 5.41) is 0. The third-order valence-corrected chi connectivity index (χ3v) is 7.53. The Labute approximate surface area is 161 Å². The first-order valence-corrected chi connectivity index (χ1v) is 11.7. The average Bonchev–Trinajstić information content (AvgIpc) is 3.01. The van der Waals surface area contributed by atoms with Gasteiger partial charge in [-0.15, -0.1) is 0 Å². The van der Waals surface area contributed by atoms with Crippen LogP contribution in [0, 0.1) is 11.7 Å². The van der Waals surface area contributed by atoms with Gasteiger partial charge in [0.1, 0.15) is 5.82 Å². The lowest BCUT2D eigenvalue weighted by Crippen LogP contribution is -2.48. The molecule has 1 atom stereocenters. The van der Waals surface area contributed by atoms with Crippen LogP contribution in [0.2, 0.25) is 0 Å². The van der Waals surface area contributed by atoms with Crippen LogP contribution in [0.4, 0.5) is 4.39 Å². The Morgan fingerprint density at radius 2 is 1.89 bits per heavy atom. The predicted octanol–water partition coefficient (Wildman–Crippen LogP) is 2.12. The highest BCUT2D eigenvalue weighted by Crippen LogP contribution is 2.23. The summed E-state index contributed by atoms with van der Waals surface area (Å²) in [6.45, 7) is 4.06. The molecule has 2 heterocycles. The number of sulfone groups is 1. The molecule has 0 radical (unpaired) electrons. The number of halogens is 1. The number of nitrogens with zero attached hydrogens (tertiary/aromatic N) is 2. The first kappa shape index (κ1) is 20.3. The van der Waals surface area contributed by atoms with Crippen molar-refractivity contribution >= 4 is 15.7 Å². The van der Waals surface area contributed by atoms with E-state index in [2.05, 4.69) is 4.90 Å². The lowest BCUT2D eigenvalue weighted by atomic mass is 10.0. The standard InChI is InChI=1S/C20H29FN2O3S/c21-19-6-2-1-4-18(19)5-3-10-22-11-13-23(14-12-22)20(24)8-7-17-9-15-27(25,26)16-17/h1-2,4,6,17H,3,5,7-16H2. The van der Waals surface area contributed by atoms with Gasteiger partial charge >= 0.3 is 0 Å². The summed E-state index contributed by atoms with van der Waals surface area (Å²) in [7, 11) is -2.86. The number of benzene rings is 1. The molecule has 0 aromatic heterocycles. The number of hydrogen-bond donors (Lipinski definition) is 0. The van der Waals surface area contributed by atoms with Crippen molar-refractivity contribution in [1.29, 1.82) is 0 Å².